The molecule has 0 aliphatic carbocycles. The number of ether oxygens (including phenoxy) is 3. The molecule has 2 heterocycles. The molecular formula is C23H17F6N3O5. The Morgan fingerprint density at radius 2 is 1.65 bits per heavy atom. The van der Waals surface area contributed by atoms with E-state index in [9.17, 15) is 35.9 Å². The lowest BCUT2D eigenvalue weighted by molar-refractivity contribution is -0.274. The van der Waals surface area contributed by atoms with Crippen LogP contribution in [0.5, 0.6) is 23.0 Å². The number of carbonyl (C=O) groups excluding carboxylic acids is 2. The second-order valence-electron chi connectivity index (χ2n) is 7.42. The Labute approximate surface area is 205 Å². The van der Waals surface area contributed by atoms with Crippen LogP contribution in [0.3, 0.4) is 0 Å². The minimum atomic E-state index is -5.00. The number of pyridine rings is 2. The van der Waals surface area contributed by atoms with Crippen LogP contribution in [0, 0.1) is 6.92 Å². The van der Waals surface area contributed by atoms with Gasteiger partial charge in [-0.3, -0.25) is 14.6 Å². The summed E-state index contributed by atoms with van der Waals surface area (Å²) in [6.45, 7) is 2.83. The quantitative estimate of drug-likeness (QED) is 0.298. The van der Waals surface area contributed by atoms with E-state index in [-0.39, 0.29) is 28.7 Å². The van der Waals surface area contributed by atoms with Gasteiger partial charge in [-0.25, -0.2) is 4.98 Å². The van der Waals surface area contributed by atoms with Crippen LogP contribution in [0.1, 0.15) is 39.2 Å². The molecule has 0 unspecified atom stereocenters. The number of benzene rings is 1. The summed E-state index contributed by atoms with van der Waals surface area (Å²) in [5, 5.41) is 2.43. The van der Waals surface area contributed by atoms with Crippen molar-refractivity contribution in [1.29, 1.82) is 0 Å². The SMILES string of the molecule is COc1cc(OC(F)(F)F)ccc1Oc1cc(C(F)(F)F)ncc1C(=O)Nc1cc(C)nc(C(C)=O)c1. The van der Waals surface area contributed by atoms with Crippen LogP contribution in [0.25, 0.3) is 0 Å². The van der Waals surface area contributed by atoms with Crippen LogP contribution in [0.15, 0.2) is 42.6 Å². The fraction of sp³-hybridized carbons (Fsp3) is 0.217. The molecule has 0 aliphatic heterocycles. The van der Waals surface area contributed by atoms with Gasteiger partial charge in [0.2, 0.25) is 0 Å². The molecule has 2 aromatic heterocycles. The van der Waals surface area contributed by atoms with Crippen LogP contribution in [-0.2, 0) is 6.18 Å². The van der Waals surface area contributed by atoms with Crippen molar-refractivity contribution in [2.45, 2.75) is 26.4 Å². The summed E-state index contributed by atoms with van der Waals surface area (Å²) in [6, 6.07) is 5.75. The van der Waals surface area contributed by atoms with Gasteiger partial charge in [0.05, 0.1) is 7.11 Å². The lowest BCUT2D eigenvalue weighted by atomic mass is 10.2. The molecule has 1 N–H and O–H groups in total. The number of hydrogen-bond donors (Lipinski definition) is 1. The first-order valence-corrected chi connectivity index (χ1v) is 10.2. The Balaban J connectivity index is 2.01. The average molecular weight is 529 g/mol. The van der Waals surface area contributed by atoms with Gasteiger partial charge >= 0.3 is 12.5 Å². The van der Waals surface area contributed by atoms with E-state index >= 15 is 0 Å². The number of alkyl halides is 6. The molecule has 1 aromatic carbocycles. The second kappa shape index (κ2) is 10.3. The lowest BCUT2D eigenvalue weighted by Gasteiger charge is -2.16. The number of methoxy groups -OCH3 is 1. The summed E-state index contributed by atoms with van der Waals surface area (Å²) in [4.78, 5) is 31.9. The van der Waals surface area contributed by atoms with E-state index in [0.29, 0.717) is 18.0 Å². The van der Waals surface area contributed by atoms with E-state index in [4.69, 9.17) is 9.47 Å². The van der Waals surface area contributed by atoms with Gasteiger partial charge in [0, 0.05) is 36.6 Å². The van der Waals surface area contributed by atoms with Crippen molar-refractivity contribution in [2.24, 2.45) is 0 Å². The van der Waals surface area contributed by atoms with Gasteiger partial charge in [-0.15, -0.1) is 13.2 Å². The molecular weight excluding hydrogens is 512 g/mol. The molecule has 0 bridgehead atoms. The Morgan fingerprint density at radius 3 is 2.24 bits per heavy atom. The predicted octanol–water partition coefficient (Wildman–Crippen LogP) is 5.96. The number of carbonyl (C=O) groups is 2. The number of aryl methyl sites for hydroxylation is 1. The van der Waals surface area contributed by atoms with E-state index in [0.717, 1.165) is 25.3 Å². The Morgan fingerprint density at radius 1 is 0.946 bits per heavy atom. The molecule has 0 saturated heterocycles. The highest BCUT2D eigenvalue weighted by atomic mass is 19.4. The van der Waals surface area contributed by atoms with Crippen molar-refractivity contribution >= 4 is 17.4 Å². The van der Waals surface area contributed by atoms with E-state index in [1.165, 1.54) is 19.1 Å². The van der Waals surface area contributed by atoms with E-state index < -0.39 is 41.2 Å². The summed E-state index contributed by atoms with van der Waals surface area (Å²) < 4.78 is 91.7. The van der Waals surface area contributed by atoms with E-state index in [2.05, 4.69) is 20.0 Å². The minimum absolute atomic E-state index is 0.0446. The zero-order chi connectivity index (χ0) is 27.5. The summed E-state index contributed by atoms with van der Waals surface area (Å²) in [6.07, 6.45) is -9.28. The molecule has 0 aliphatic rings. The number of halogens is 6. The normalized spacial score (nSPS) is 11.6. The molecule has 14 heteroatoms. The molecule has 1 amide bonds. The number of nitrogens with zero attached hydrogens (tertiary/aromatic N) is 2. The maximum Gasteiger partial charge on any atom is 0.573 e. The van der Waals surface area contributed by atoms with Gasteiger partial charge in [-0.05, 0) is 31.2 Å². The highest BCUT2D eigenvalue weighted by Crippen LogP contribution is 2.39. The van der Waals surface area contributed by atoms with E-state index in [1.54, 1.807) is 6.92 Å². The van der Waals surface area contributed by atoms with Crippen LogP contribution >= 0.6 is 0 Å². The first kappa shape index (κ1) is 27.2. The number of nitrogens with one attached hydrogen (secondary N) is 1. The molecule has 0 spiro atoms. The van der Waals surface area contributed by atoms with Crippen LogP contribution in [0.4, 0.5) is 32.0 Å². The monoisotopic (exact) mass is 529 g/mol. The number of aromatic nitrogens is 2. The minimum Gasteiger partial charge on any atom is -0.493 e. The van der Waals surface area contributed by atoms with Crippen molar-refractivity contribution in [2.75, 3.05) is 12.4 Å². The molecule has 0 radical (unpaired) electrons. The lowest BCUT2D eigenvalue weighted by Crippen LogP contribution is -2.17. The number of ketones is 1. The first-order chi connectivity index (χ1) is 17.2. The largest absolute Gasteiger partial charge is 0.573 e. The van der Waals surface area contributed by atoms with Crippen molar-refractivity contribution < 1.29 is 50.1 Å². The summed E-state index contributed by atoms with van der Waals surface area (Å²) in [5.41, 5.74) is -1.29. The molecule has 3 aromatic rings. The van der Waals surface area contributed by atoms with Crippen molar-refractivity contribution in [3.63, 3.8) is 0 Å². The molecule has 3 rings (SSSR count). The summed E-state index contributed by atoms with van der Waals surface area (Å²) in [7, 11) is 1.08. The molecule has 0 saturated carbocycles. The maximum atomic E-state index is 13.3. The van der Waals surface area contributed by atoms with Crippen molar-refractivity contribution in [3.8, 4) is 23.0 Å². The fourth-order valence-corrected chi connectivity index (χ4v) is 3.01. The standard InChI is InChI=1S/C23H17F6N3O5/c1-11-6-13(7-16(31-11)12(2)33)32-21(34)15-10-30-20(22(24,25)26)9-18(15)36-17-5-4-14(8-19(17)35-3)37-23(27,28)29/h4-10H,1-3H3,(H,31,32,34). The highest BCUT2D eigenvalue weighted by Gasteiger charge is 2.34. The summed E-state index contributed by atoms with van der Waals surface area (Å²) in [5.74, 6) is -3.27. The second-order valence-corrected chi connectivity index (χ2v) is 7.42. The maximum absolute atomic E-state index is 13.3. The third kappa shape index (κ3) is 7.08. The number of rotatable bonds is 7. The zero-order valence-electron chi connectivity index (χ0n) is 19.2. The van der Waals surface area contributed by atoms with Crippen LogP contribution < -0.4 is 19.5 Å². The van der Waals surface area contributed by atoms with E-state index in [1.807, 2.05) is 0 Å². The highest BCUT2D eigenvalue weighted by molar-refractivity contribution is 6.06. The first-order valence-electron chi connectivity index (χ1n) is 10.2. The van der Waals surface area contributed by atoms with Gasteiger partial charge in [-0.1, -0.05) is 0 Å². The fourth-order valence-electron chi connectivity index (χ4n) is 3.01. The van der Waals surface area contributed by atoms with Gasteiger partial charge in [-0.2, -0.15) is 13.2 Å². The average Bonchev–Trinajstić information content (AvgIpc) is 2.77. The number of hydrogen-bond acceptors (Lipinski definition) is 7. The topological polar surface area (TPSA) is 99.6 Å². The molecule has 0 atom stereocenters. The third-order valence-corrected chi connectivity index (χ3v) is 4.56. The van der Waals surface area contributed by atoms with Crippen LogP contribution in [0.2, 0.25) is 0 Å². The third-order valence-electron chi connectivity index (χ3n) is 4.56. The molecule has 37 heavy (non-hydrogen) atoms. The zero-order valence-corrected chi connectivity index (χ0v) is 19.2. The summed E-state index contributed by atoms with van der Waals surface area (Å²) >= 11 is 0. The van der Waals surface area contributed by atoms with Gasteiger partial charge in [0.1, 0.15) is 28.5 Å². The smallest absolute Gasteiger partial charge is 0.493 e. The molecule has 0 fully saturated rings. The van der Waals surface area contributed by atoms with Crippen molar-refractivity contribution in [3.05, 3.63) is 65.2 Å². The Hall–Kier alpha value is -4.36. The van der Waals surface area contributed by atoms with Crippen LogP contribution in [-0.4, -0.2) is 35.1 Å². The molecule has 196 valence electrons. The Bertz CT molecular complexity index is 1340. The predicted molar refractivity (Wildman–Crippen MR) is 116 cm³/mol. The Kier molecular flexibility index (Phi) is 7.60. The van der Waals surface area contributed by atoms with Gasteiger partial charge in [0.25, 0.3) is 5.91 Å². The number of anilines is 1. The van der Waals surface area contributed by atoms with Gasteiger partial charge < -0.3 is 19.5 Å². The number of Topliss-reactive ketones (excluding diaryl/α,β-unsaturated/α-hetero) is 1. The number of amides is 1. The molecule has 8 nitrogen and oxygen atoms in total. The van der Waals surface area contributed by atoms with Crippen molar-refractivity contribution in [1.82, 2.24) is 9.97 Å². The van der Waals surface area contributed by atoms with Gasteiger partial charge in [0.15, 0.2) is 17.3 Å².